The van der Waals surface area contributed by atoms with E-state index in [0.717, 1.165) is 6.20 Å². The number of carbonyl (C=O) groups excluding carboxylic acids is 2. The minimum Gasteiger partial charge on any atom is -0.398 e. The van der Waals surface area contributed by atoms with Gasteiger partial charge in [-0.15, -0.1) is 0 Å². The number of nitrogens with zero attached hydrogens (tertiary/aromatic N) is 1. The maximum Gasteiger partial charge on any atom is 0.267 e. The molecule has 25 heavy (non-hydrogen) atoms. The van der Waals surface area contributed by atoms with Gasteiger partial charge in [-0.3, -0.25) is 9.59 Å². The van der Waals surface area contributed by atoms with Crippen LogP contribution >= 0.6 is 11.6 Å². The lowest BCUT2D eigenvalue weighted by molar-refractivity contribution is -0.112. The lowest BCUT2D eigenvalue weighted by atomic mass is 10.1. The first-order valence-corrected chi connectivity index (χ1v) is 7.64. The second-order valence-electron chi connectivity index (χ2n) is 5.10. The Morgan fingerprint density at radius 2 is 1.92 bits per heavy atom. The number of amides is 2. The standard InChI is InChI=1S/C18H15ClN4O2/c1-11-14(19)6-4-8-16(11)23-17(24)12(9-20)10-22-18(25)13-5-2-3-7-15(13)21/h2-8,10H,21H2,1H3,(H,22,25)(H,23,24)/b12-10-. The van der Waals surface area contributed by atoms with Gasteiger partial charge in [0, 0.05) is 22.6 Å². The summed E-state index contributed by atoms with van der Waals surface area (Å²) in [5.41, 5.74) is 7.16. The molecular weight excluding hydrogens is 340 g/mol. The van der Waals surface area contributed by atoms with Crippen molar-refractivity contribution in [2.75, 3.05) is 11.1 Å². The summed E-state index contributed by atoms with van der Waals surface area (Å²) in [7, 11) is 0. The predicted octanol–water partition coefficient (Wildman–Crippen LogP) is 3.01. The van der Waals surface area contributed by atoms with Crippen LogP contribution in [0.1, 0.15) is 15.9 Å². The Hall–Kier alpha value is -3.30. The van der Waals surface area contributed by atoms with E-state index in [-0.39, 0.29) is 11.1 Å². The number of nitrogens with one attached hydrogen (secondary N) is 2. The normalized spacial score (nSPS) is 10.7. The highest BCUT2D eigenvalue weighted by Gasteiger charge is 2.13. The highest BCUT2D eigenvalue weighted by molar-refractivity contribution is 6.31. The van der Waals surface area contributed by atoms with Crippen LogP contribution < -0.4 is 16.4 Å². The number of hydrogen-bond donors (Lipinski definition) is 3. The number of para-hydroxylation sites is 1. The van der Waals surface area contributed by atoms with Crippen molar-refractivity contribution in [3.63, 3.8) is 0 Å². The molecular formula is C18H15ClN4O2. The van der Waals surface area contributed by atoms with E-state index >= 15 is 0 Å². The quantitative estimate of drug-likeness (QED) is 0.445. The highest BCUT2D eigenvalue weighted by Crippen LogP contribution is 2.23. The summed E-state index contributed by atoms with van der Waals surface area (Å²) in [6.07, 6.45) is 1.05. The molecule has 2 aromatic carbocycles. The van der Waals surface area contributed by atoms with Crippen LogP contribution in [-0.4, -0.2) is 11.8 Å². The molecule has 4 N–H and O–H groups in total. The van der Waals surface area contributed by atoms with Crippen molar-refractivity contribution < 1.29 is 9.59 Å². The Labute approximate surface area is 149 Å². The molecule has 6 nitrogen and oxygen atoms in total. The Morgan fingerprint density at radius 1 is 1.20 bits per heavy atom. The first-order chi connectivity index (χ1) is 11.9. The summed E-state index contributed by atoms with van der Waals surface area (Å²) in [6.45, 7) is 1.74. The molecule has 0 heterocycles. The fraction of sp³-hybridized carbons (Fsp3) is 0.0556. The van der Waals surface area contributed by atoms with E-state index in [1.165, 1.54) is 0 Å². The smallest absolute Gasteiger partial charge is 0.267 e. The van der Waals surface area contributed by atoms with E-state index in [1.54, 1.807) is 55.5 Å². The second-order valence-corrected chi connectivity index (χ2v) is 5.50. The first kappa shape index (κ1) is 18.0. The third kappa shape index (κ3) is 4.37. The Morgan fingerprint density at radius 3 is 2.60 bits per heavy atom. The van der Waals surface area contributed by atoms with Crippen LogP contribution in [0.5, 0.6) is 0 Å². The zero-order valence-electron chi connectivity index (χ0n) is 13.3. The highest BCUT2D eigenvalue weighted by atomic mass is 35.5. The molecule has 7 heteroatoms. The molecule has 0 aliphatic rings. The SMILES string of the molecule is Cc1c(Cl)cccc1NC(=O)/C(C#N)=C\NC(=O)c1ccccc1N. The fourth-order valence-corrected chi connectivity index (χ4v) is 2.17. The molecule has 0 aromatic heterocycles. The van der Waals surface area contributed by atoms with Gasteiger partial charge in [-0.05, 0) is 36.8 Å². The third-order valence-electron chi connectivity index (χ3n) is 3.43. The molecule has 0 fully saturated rings. The van der Waals surface area contributed by atoms with Crippen molar-refractivity contribution in [3.8, 4) is 6.07 Å². The Bertz CT molecular complexity index is 900. The maximum absolute atomic E-state index is 12.2. The van der Waals surface area contributed by atoms with Gasteiger partial charge in [0.15, 0.2) is 0 Å². The number of nitriles is 1. The van der Waals surface area contributed by atoms with Crippen LogP contribution in [-0.2, 0) is 4.79 Å². The fourth-order valence-electron chi connectivity index (χ4n) is 2.00. The van der Waals surface area contributed by atoms with Gasteiger partial charge >= 0.3 is 0 Å². The summed E-state index contributed by atoms with van der Waals surface area (Å²) >= 11 is 6.00. The molecule has 0 spiro atoms. The number of carbonyl (C=O) groups is 2. The second kappa shape index (κ2) is 7.99. The number of anilines is 2. The Balaban J connectivity index is 2.13. The van der Waals surface area contributed by atoms with Crippen LogP contribution in [0.2, 0.25) is 5.02 Å². The van der Waals surface area contributed by atoms with E-state index in [9.17, 15) is 9.59 Å². The van der Waals surface area contributed by atoms with Crippen molar-refractivity contribution >= 4 is 34.8 Å². The lowest BCUT2D eigenvalue weighted by Gasteiger charge is -2.09. The topological polar surface area (TPSA) is 108 Å². The summed E-state index contributed by atoms with van der Waals surface area (Å²) in [4.78, 5) is 24.3. The molecule has 0 bridgehead atoms. The molecule has 0 atom stereocenters. The molecule has 0 unspecified atom stereocenters. The van der Waals surface area contributed by atoms with Gasteiger partial charge in [-0.25, -0.2) is 0 Å². The molecule has 2 aromatic rings. The van der Waals surface area contributed by atoms with Gasteiger partial charge in [-0.1, -0.05) is 29.8 Å². The van der Waals surface area contributed by atoms with Gasteiger partial charge in [-0.2, -0.15) is 5.26 Å². The summed E-state index contributed by atoms with van der Waals surface area (Å²) in [6, 6.07) is 13.3. The number of benzene rings is 2. The average molecular weight is 355 g/mol. The van der Waals surface area contributed by atoms with Crippen molar-refractivity contribution in [3.05, 3.63) is 70.4 Å². The summed E-state index contributed by atoms with van der Waals surface area (Å²) < 4.78 is 0. The molecule has 2 rings (SSSR count). The van der Waals surface area contributed by atoms with E-state index in [2.05, 4.69) is 10.6 Å². The molecule has 0 aliphatic carbocycles. The van der Waals surface area contributed by atoms with Crippen LogP contribution in [0.25, 0.3) is 0 Å². The average Bonchev–Trinajstić information content (AvgIpc) is 2.59. The molecule has 0 saturated heterocycles. The molecule has 0 aliphatic heterocycles. The van der Waals surface area contributed by atoms with Crippen LogP contribution in [0.4, 0.5) is 11.4 Å². The number of halogens is 1. The van der Waals surface area contributed by atoms with E-state index < -0.39 is 11.8 Å². The minimum absolute atomic E-state index is 0.252. The van der Waals surface area contributed by atoms with Crippen molar-refractivity contribution in [2.45, 2.75) is 6.92 Å². The molecule has 126 valence electrons. The van der Waals surface area contributed by atoms with Crippen molar-refractivity contribution in [1.29, 1.82) is 5.26 Å². The third-order valence-corrected chi connectivity index (χ3v) is 3.84. The largest absolute Gasteiger partial charge is 0.398 e. The molecule has 0 radical (unpaired) electrons. The van der Waals surface area contributed by atoms with Crippen LogP contribution in [0, 0.1) is 18.3 Å². The molecule has 2 amide bonds. The predicted molar refractivity (Wildman–Crippen MR) is 96.8 cm³/mol. The monoisotopic (exact) mass is 354 g/mol. The number of nitrogen functional groups attached to an aromatic ring is 1. The number of nitrogens with two attached hydrogens (primary N) is 1. The summed E-state index contributed by atoms with van der Waals surface area (Å²) in [5, 5.41) is 14.6. The molecule has 0 saturated carbocycles. The van der Waals surface area contributed by atoms with Gasteiger partial charge in [0.1, 0.15) is 11.6 Å². The maximum atomic E-state index is 12.2. The number of rotatable bonds is 4. The van der Waals surface area contributed by atoms with Crippen molar-refractivity contribution in [1.82, 2.24) is 5.32 Å². The van der Waals surface area contributed by atoms with E-state index in [1.807, 2.05) is 0 Å². The number of hydrogen-bond acceptors (Lipinski definition) is 4. The minimum atomic E-state index is -0.658. The van der Waals surface area contributed by atoms with Crippen LogP contribution in [0.3, 0.4) is 0 Å². The van der Waals surface area contributed by atoms with E-state index in [0.29, 0.717) is 22.0 Å². The zero-order valence-corrected chi connectivity index (χ0v) is 14.1. The van der Waals surface area contributed by atoms with Crippen LogP contribution in [0.15, 0.2) is 54.2 Å². The zero-order chi connectivity index (χ0) is 18.4. The Kier molecular flexibility index (Phi) is 5.77. The van der Waals surface area contributed by atoms with Gasteiger partial charge in [0.2, 0.25) is 0 Å². The first-order valence-electron chi connectivity index (χ1n) is 7.26. The van der Waals surface area contributed by atoms with Crippen molar-refractivity contribution in [2.24, 2.45) is 0 Å². The van der Waals surface area contributed by atoms with E-state index in [4.69, 9.17) is 22.6 Å². The van der Waals surface area contributed by atoms with Gasteiger partial charge in [0.05, 0.1) is 5.56 Å². The summed E-state index contributed by atoms with van der Waals surface area (Å²) in [5.74, 6) is -1.17. The van der Waals surface area contributed by atoms with Gasteiger partial charge in [0.25, 0.3) is 11.8 Å². The van der Waals surface area contributed by atoms with Gasteiger partial charge < -0.3 is 16.4 Å². The lowest BCUT2D eigenvalue weighted by Crippen LogP contribution is -2.22.